The monoisotopic (exact) mass is 333 g/mol. The minimum absolute atomic E-state index is 0.0592. The summed E-state index contributed by atoms with van der Waals surface area (Å²) in [6.07, 6.45) is 1.29. The van der Waals surface area contributed by atoms with Gasteiger partial charge in [0.1, 0.15) is 0 Å². The number of carboxylic acid groups (broad SMARTS) is 1. The van der Waals surface area contributed by atoms with Gasteiger partial charge in [-0.05, 0) is 42.2 Å². The summed E-state index contributed by atoms with van der Waals surface area (Å²) >= 11 is 0. The molecule has 0 aliphatic rings. The van der Waals surface area contributed by atoms with Crippen LogP contribution in [-0.2, 0) is 22.9 Å². The largest absolute Gasteiger partial charge is 0.478 e. The van der Waals surface area contributed by atoms with Crippen molar-refractivity contribution in [3.63, 3.8) is 0 Å². The highest BCUT2D eigenvalue weighted by molar-refractivity contribution is 7.92. The highest BCUT2D eigenvalue weighted by Gasteiger charge is 2.21. The van der Waals surface area contributed by atoms with Crippen molar-refractivity contribution in [1.29, 1.82) is 0 Å². The molecule has 0 radical (unpaired) electrons. The molecule has 0 amide bonds. The van der Waals surface area contributed by atoms with E-state index in [-0.39, 0.29) is 16.1 Å². The first-order valence-corrected chi connectivity index (χ1v) is 8.84. The third-order valence-corrected chi connectivity index (χ3v) is 5.06. The van der Waals surface area contributed by atoms with Gasteiger partial charge in [-0.2, -0.15) is 0 Å². The molecule has 0 aliphatic carbocycles. The van der Waals surface area contributed by atoms with E-state index in [1.165, 1.54) is 12.1 Å². The van der Waals surface area contributed by atoms with Crippen LogP contribution in [0.15, 0.2) is 47.4 Å². The maximum Gasteiger partial charge on any atom is 0.337 e. The van der Waals surface area contributed by atoms with Gasteiger partial charge in [0.2, 0.25) is 0 Å². The van der Waals surface area contributed by atoms with E-state index in [1.54, 1.807) is 24.3 Å². The first-order valence-electron chi connectivity index (χ1n) is 7.36. The van der Waals surface area contributed by atoms with Gasteiger partial charge in [0, 0.05) is 0 Å². The molecule has 0 unspecified atom stereocenters. The summed E-state index contributed by atoms with van der Waals surface area (Å²) < 4.78 is 27.8. The number of benzene rings is 2. The number of sulfonamides is 1. The zero-order chi connectivity index (χ0) is 17.0. The average Bonchev–Trinajstić information content (AvgIpc) is 2.54. The maximum atomic E-state index is 12.7. The number of aromatic carboxylic acids is 1. The van der Waals surface area contributed by atoms with Crippen molar-refractivity contribution in [2.45, 2.75) is 31.6 Å². The van der Waals surface area contributed by atoms with Gasteiger partial charge in [0.05, 0.1) is 16.1 Å². The highest BCUT2D eigenvalue weighted by atomic mass is 32.2. The Bertz CT molecular complexity index is 828. The number of rotatable bonds is 6. The molecule has 0 atom stereocenters. The number of carboxylic acids is 1. The van der Waals surface area contributed by atoms with Crippen LogP contribution in [0.5, 0.6) is 0 Å². The van der Waals surface area contributed by atoms with E-state index in [2.05, 4.69) is 4.72 Å². The molecule has 2 N–H and O–H groups in total. The molecule has 2 aromatic rings. The summed E-state index contributed by atoms with van der Waals surface area (Å²) in [5.74, 6) is -1.18. The molecule has 0 saturated heterocycles. The Labute approximate surface area is 136 Å². The number of hydrogen-bond donors (Lipinski definition) is 2. The number of nitrogens with one attached hydrogen (secondary N) is 1. The Balaban J connectivity index is 2.50. The highest BCUT2D eigenvalue weighted by Crippen LogP contribution is 2.24. The van der Waals surface area contributed by atoms with E-state index >= 15 is 0 Å². The zero-order valence-corrected chi connectivity index (χ0v) is 13.9. The predicted octanol–water partition coefficient (Wildman–Crippen LogP) is 3.31. The number of hydrogen-bond acceptors (Lipinski definition) is 3. The number of carbonyl (C=O) groups is 1. The third kappa shape index (κ3) is 3.71. The van der Waals surface area contributed by atoms with Gasteiger partial charge in [0.25, 0.3) is 10.0 Å². The molecular weight excluding hydrogens is 314 g/mol. The van der Waals surface area contributed by atoms with Crippen LogP contribution in [0.2, 0.25) is 0 Å². The lowest BCUT2D eigenvalue weighted by Gasteiger charge is -2.14. The molecule has 2 rings (SSSR count). The third-order valence-electron chi connectivity index (χ3n) is 3.61. The summed E-state index contributed by atoms with van der Waals surface area (Å²) in [4.78, 5) is 11.4. The molecular formula is C17H19NO4S. The van der Waals surface area contributed by atoms with E-state index in [4.69, 9.17) is 0 Å². The van der Waals surface area contributed by atoms with E-state index in [9.17, 15) is 18.3 Å². The normalized spacial score (nSPS) is 11.2. The Morgan fingerprint density at radius 3 is 2.39 bits per heavy atom. The van der Waals surface area contributed by atoms with E-state index in [0.29, 0.717) is 12.0 Å². The standard InChI is InChI=1S/C17H19NO4S/c1-3-12-9-10-13(4-2)16(11-12)23(21,22)18-15-8-6-5-7-14(15)17(19)20/h5-11,18H,3-4H2,1-2H3,(H,19,20). The lowest BCUT2D eigenvalue weighted by molar-refractivity contribution is 0.0698. The van der Waals surface area contributed by atoms with Crippen molar-refractivity contribution in [2.24, 2.45) is 0 Å². The molecule has 0 bridgehead atoms. The summed E-state index contributed by atoms with van der Waals surface area (Å²) in [5, 5.41) is 9.18. The van der Waals surface area contributed by atoms with Crippen molar-refractivity contribution in [2.75, 3.05) is 4.72 Å². The quantitative estimate of drug-likeness (QED) is 0.849. The van der Waals surface area contributed by atoms with Gasteiger partial charge in [-0.3, -0.25) is 4.72 Å². The van der Waals surface area contributed by atoms with Gasteiger partial charge in [-0.1, -0.05) is 38.1 Å². The van der Waals surface area contributed by atoms with Gasteiger partial charge >= 0.3 is 5.97 Å². The van der Waals surface area contributed by atoms with Crippen LogP contribution in [0.3, 0.4) is 0 Å². The molecule has 6 heteroatoms. The van der Waals surface area contributed by atoms with Crippen molar-refractivity contribution < 1.29 is 18.3 Å². The van der Waals surface area contributed by atoms with Crippen LogP contribution >= 0.6 is 0 Å². The summed E-state index contributed by atoms with van der Waals surface area (Å²) in [6, 6.07) is 11.3. The van der Waals surface area contributed by atoms with Crippen molar-refractivity contribution in [3.8, 4) is 0 Å². The maximum absolute atomic E-state index is 12.7. The summed E-state index contributed by atoms with van der Waals surface area (Å²) in [6.45, 7) is 3.83. The number of aryl methyl sites for hydroxylation is 2. The molecule has 2 aromatic carbocycles. The molecule has 122 valence electrons. The lowest BCUT2D eigenvalue weighted by Crippen LogP contribution is -2.17. The fraction of sp³-hybridized carbons (Fsp3) is 0.235. The summed E-state index contributed by atoms with van der Waals surface area (Å²) in [7, 11) is -3.86. The second-order valence-electron chi connectivity index (χ2n) is 5.11. The second kappa shape index (κ2) is 6.83. The van der Waals surface area contributed by atoms with Gasteiger partial charge in [-0.25, -0.2) is 13.2 Å². The minimum Gasteiger partial charge on any atom is -0.478 e. The second-order valence-corrected chi connectivity index (χ2v) is 6.76. The van der Waals surface area contributed by atoms with Crippen LogP contribution in [-0.4, -0.2) is 19.5 Å². The van der Waals surface area contributed by atoms with Crippen molar-refractivity contribution >= 4 is 21.7 Å². The van der Waals surface area contributed by atoms with Gasteiger partial charge in [-0.15, -0.1) is 0 Å². The van der Waals surface area contributed by atoms with Crippen molar-refractivity contribution in [1.82, 2.24) is 0 Å². The Hall–Kier alpha value is -2.34. The van der Waals surface area contributed by atoms with E-state index in [0.717, 1.165) is 12.0 Å². The van der Waals surface area contributed by atoms with Crippen LogP contribution in [0.25, 0.3) is 0 Å². The molecule has 0 saturated carbocycles. The Kier molecular flexibility index (Phi) is 5.05. The molecule has 0 aromatic heterocycles. The first-order chi connectivity index (χ1) is 10.9. The fourth-order valence-electron chi connectivity index (χ4n) is 2.32. The van der Waals surface area contributed by atoms with Crippen LogP contribution < -0.4 is 4.72 Å². The molecule has 23 heavy (non-hydrogen) atoms. The van der Waals surface area contributed by atoms with Crippen LogP contribution in [0.1, 0.15) is 35.3 Å². The van der Waals surface area contributed by atoms with Gasteiger partial charge in [0.15, 0.2) is 0 Å². The molecule has 0 spiro atoms. The van der Waals surface area contributed by atoms with Crippen LogP contribution in [0, 0.1) is 0 Å². The van der Waals surface area contributed by atoms with Crippen molar-refractivity contribution in [3.05, 3.63) is 59.2 Å². The predicted molar refractivity (Wildman–Crippen MR) is 89.4 cm³/mol. The lowest BCUT2D eigenvalue weighted by atomic mass is 10.1. The Morgan fingerprint density at radius 2 is 1.78 bits per heavy atom. The average molecular weight is 333 g/mol. The smallest absolute Gasteiger partial charge is 0.337 e. The van der Waals surface area contributed by atoms with E-state index in [1.807, 2.05) is 19.9 Å². The van der Waals surface area contributed by atoms with E-state index < -0.39 is 16.0 Å². The van der Waals surface area contributed by atoms with Gasteiger partial charge < -0.3 is 5.11 Å². The fourth-order valence-corrected chi connectivity index (χ4v) is 3.76. The molecule has 0 heterocycles. The Morgan fingerprint density at radius 1 is 1.09 bits per heavy atom. The molecule has 5 nitrogen and oxygen atoms in total. The number of para-hydroxylation sites is 1. The molecule has 0 fully saturated rings. The summed E-state index contributed by atoms with van der Waals surface area (Å²) in [5.41, 5.74) is 1.58. The molecule has 0 aliphatic heterocycles. The SMILES string of the molecule is CCc1ccc(CC)c(S(=O)(=O)Nc2ccccc2C(=O)O)c1. The topological polar surface area (TPSA) is 83.5 Å². The number of anilines is 1. The first kappa shape index (κ1) is 17.0. The minimum atomic E-state index is -3.86. The van der Waals surface area contributed by atoms with Crippen LogP contribution in [0.4, 0.5) is 5.69 Å². The zero-order valence-electron chi connectivity index (χ0n) is 13.0.